The van der Waals surface area contributed by atoms with Crippen LogP contribution in [0.1, 0.15) is 64.3 Å². The predicted molar refractivity (Wildman–Crippen MR) is 119 cm³/mol. The summed E-state index contributed by atoms with van der Waals surface area (Å²) >= 11 is 3.04. The average molecular weight is 422 g/mol. The molecule has 0 spiro atoms. The van der Waals surface area contributed by atoms with Gasteiger partial charge in [-0.15, -0.1) is 11.3 Å². The van der Waals surface area contributed by atoms with Crippen molar-refractivity contribution >= 4 is 39.2 Å². The molecule has 0 saturated carbocycles. The van der Waals surface area contributed by atoms with Crippen molar-refractivity contribution in [3.8, 4) is 0 Å². The summed E-state index contributed by atoms with van der Waals surface area (Å²) in [5, 5.41) is 4.47. The molecule has 5 nitrogen and oxygen atoms in total. The van der Waals surface area contributed by atoms with Crippen LogP contribution in [-0.2, 0) is 24.2 Å². The highest BCUT2D eigenvalue weighted by Crippen LogP contribution is 2.34. The number of carbonyl (C=O) groups excluding carboxylic acids is 1. The van der Waals surface area contributed by atoms with Crippen molar-refractivity contribution in [2.75, 3.05) is 5.75 Å². The first-order valence-electron chi connectivity index (χ1n) is 10.1. The smallest absolute Gasteiger partial charge is 0.263 e. The lowest BCUT2D eigenvalue weighted by molar-refractivity contribution is -0.119. The molecule has 0 saturated heterocycles. The van der Waals surface area contributed by atoms with E-state index in [1.807, 2.05) is 20.8 Å². The van der Waals surface area contributed by atoms with Gasteiger partial charge in [-0.25, -0.2) is 4.98 Å². The number of nitrogens with one attached hydrogen (secondary N) is 1. The summed E-state index contributed by atoms with van der Waals surface area (Å²) in [7, 11) is 0. The Morgan fingerprint density at radius 3 is 2.68 bits per heavy atom. The molecular formula is C21H31N3O2S2. The van der Waals surface area contributed by atoms with Gasteiger partial charge in [0.25, 0.3) is 5.56 Å². The quantitative estimate of drug-likeness (QED) is 0.555. The first kappa shape index (κ1) is 21.4. The number of nitrogens with zero attached hydrogens (tertiary/aromatic N) is 2. The number of rotatable bonds is 6. The summed E-state index contributed by atoms with van der Waals surface area (Å²) in [6, 6.07) is 0. The Kier molecular flexibility index (Phi) is 6.54. The largest absolute Gasteiger partial charge is 0.351 e. The predicted octanol–water partition coefficient (Wildman–Crippen LogP) is 4.39. The lowest BCUT2D eigenvalue weighted by atomic mass is 9.97. The minimum atomic E-state index is -0.265. The number of thiophene rings is 1. The molecule has 1 aliphatic carbocycles. The maximum atomic E-state index is 13.4. The monoisotopic (exact) mass is 421 g/mol. The maximum Gasteiger partial charge on any atom is 0.263 e. The Balaban J connectivity index is 1.96. The molecule has 2 heterocycles. The second-order valence-electron chi connectivity index (χ2n) is 9.01. The van der Waals surface area contributed by atoms with Crippen LogP contribution >= 0.6 is 23.1 Å². The number of amides is 1. The van der Waals surface area contributed by atoms with Crippen LogP contribution in [0.2, 0.25) is 0 Å². The van der Waals surface area contributed by atoms with Crippen LogP contribution < -0.4 is 10.9 Å². The summed E-state index contributed by atoms with van der Waals surface area (Å²) in [5.41, 5.74) is 1.03. The van der Waals surface area contributed by atoms with Gasteiger partial charge in [0, 0.05) is 17.0 Å². The molecule has 0 radical (unpaired) electrons. The van der Waals surface area contributed by atoms with Crippen LogP contribution in [-0.4, -0.2) is 26.8 Å². The van der Waals surface area contributed by atoms with Crippen LogP contribution in [0.5, 0.6) is 0 Å². The van der Waals surface area contributed by atoms with E-state index >= 15 is 0 Å². The van der Waals surface area contributed by atoms with Gasteiger partial charge >= 0.3 is 0 Å². The summed E-state index contributed by atoms with van der Waals surface area (Å²) < 4.78 is 1.80. The number of thioether (sulfide) groups is 1. The molecule has 7 heteroatoms. The highest BCUT2D eigenvalue weighted by atomic mass is 32.2. The van der Waals surface area contributed by atoms with Crippen molar-refractivity contribution in [3.05, 3.63) is 20.8 Å². The molecule has 2 aromatic rings. The molecule has 154 valence electrons. The number of aryl methyl sites for hydroxylation is 2. The van der Waals surface area contributed by atoms with E-state index < -0.39 is 0 Å². The van der Waals surface area contributed by atoms with Gasteiger partial charge in [0.2, 0.25) is 5.91 Å². The molecule has 3 rings (SSSR count). The third-order valence-corrected chi connectivity index (χ3v) is 6.98. The SMILES string of the molecule is CC(C)CCn1c(SCC(=O)NC(C)(C)C)nc2sc3c(c2c1=O)CCCC3. The Morgan fingerprint density at radius 1 is 1.29 bits per heavy atom. The highest BCUT2D eigenvalue weighted by Gasteiger charge is 2.23. The fraction of sp³-hybridized carbons (Fsp3) is 0.667. The molecule has 0 unspecified atom stereocenters. The van der Waals surface area contributed by atoms with Crippen LogP contribution in [0.25, 0.3) is 10.2 Å². The van der Waals surface area contributed by atoms with Gasteiger partial charge in [-0.1, -0.05) is 25.6 Å². The molecule has 0 bridgehead atoms. The first-order chi connectivity index (χ1) is 13.2. The molecule has 2 aromatic heterocycles. The Morgan fingerprint density at radius 2 is 2.00 bits per heavy atom. The normalized spacial score (nSPS) is 14.5. The molecule has 28 heavy (non-hydrogen) atoms. The second-order valence-corrected chi connectivity index (χ2v) is 11.0. The van der Waals surface area contributed by atoms with E-state index in [4.69, 9.17) is 4.98 Å². The summed E-state index contributed by atoms with van der Waals surface area (Å²) in [6.45, 7) is 10.9. The first-order valence-corrected chi connectivity index (χ1v) is 11.9. The number of hydrogen-bond donors (Lipinski definition) is 1. The number of carbonyl (C=O) groups is 1. The van der Waals surface area contributed by atoms with Crippen molar-refractivity contribution < 1.29 is 4.79 Å². The Hall–Kier alpha value is -1.34. The van der Waals surface area contributed by atoms with Crippen molar-refractivity contribution in [1.29, 1.82) is 0 Å². The topological polar surface area (TPSA) is 64.0 Å². The van der Waals surface area contributed by atoms with Gasteiger partial charge < -0.3 is 5.32 Å². The van der Waals surface area contributed by atoms with Crippen LogP contribution in [0.3, 0.4) is 0 Å². The van der Waals surface area contributed by atoms with Gasteiger partial charge in [0.1, 0.15) is 4.83 Å². The average Bonchev–Trinajstić information content (AvgIpc) is 2.96. The van der Waals surface area contributed by atoms with E-state index in [1.54, 1.807) is 15.9 Å². The van der Waals surface area contributed by atoms with Crippen LogP contribution in [0.4, 0.5) is 0 Å². The van der Waals surface area contributed by atoms with Crippen LogP contribution in [0, 0.1) is 5.92 Å². The third-order valence-electron chi connectivity index (χ3n) is 4.82. The zero-order chi connectivity index (χ0) is 20.5. The molecule has 1 N–H and O–H groups in total. The maximum absolute atomic E-state index is 13.4. The molecular weight excluding hydrogens is 390 g/mol. The van der Waals surface area contributed by atoms with E-state index in [0.717, 1.165) is 35.9 Å². The standard InChI is InChI=1S/C21H31N3O2S2/c1-13(2)10-11-24-19(26)17-14-8-6-7-9-15(14)28-18(17)22-20(24)27-12-16(25)23-21(3,4)5/h13H,6-12H2,1-5H3,(H,23,25). The van der Waals surface area contributed by atoms with E-state index in [-0.39, 0.29) is 22.8 Å². The second kappa shape index (κ2) is 8.57. The van der Waals surface area contributed by atoms with E-state index in [0.29, 0.717) is 17.6 Å². The van der Waals surface area contributed by atoms with Crippen molar-refractivity contribution in [2.24, 2.45) is 5.92 Å². The van der Waals surface area contributed by atoms with Gasteiger partial charge in [-0.2, -0.15) is 0 Å². The Bertz CT molecular complexity index is 922. The summed E-state index contributed by atoms with van der Waals surface area (Å²) in [6.07, 6.45) is 5.29. The van der Waals surface area contributed by atoms with Gasteiger partial charge in [-0.05, 0) is 64.4 Å². The lowest BCUT2D eigenvalue weighted by Gasteiger charge is -2.20. The molecule has 0 atom stereocenters. The minimum Gasteiger partial charge on any atom is -0.351 e. The fourth-order valence-electron chi connectivity index (χ4n) is 3.50. The summed E-state index contributed by atoms with van der Waals surface area (Å²) in [4.78, 5) is 32.7. The zero-order valence-electron chi connectivity index (χ0n) is 17.6. The van der Waals surface area contributed by atoms with Gasteiger partial charge in [-0.3, -0.25) is 14.2 Å². The fourth-order valence-corrected chi connectivity index (χ4v) is 5.63. The highest BCUT2D eigenvalue weighted by molar-refractivity contribution is 7.99. The van der Waals surface area contributed by atoms with E-state index in [2.05, 4.69) is 19.2 Å². The van der Waals surface area contributed by atoms with Crippen molar-refractivity contribution in [3.63, 3.8) is 0 Å². The van der Waals surface area contributed by atoms with Gasteiger partial charge in [0.15, 0.2) is 5.16 Å². The molecule has 0 fully saturated rings. The van der Waals surface area contributed by atoms with Crippen molar-refractivity contribution in [1.82, 2.24) is 14.9 Å². The lowest BCUT2D eigenvalue weighted by Crippen LogP contribution is -2.41. The van der Waals surface area contributed by atoms with Crippen LogP contribution in [0.15, 0.2) is 9.95 Å². The number of aromatic nitrogens is 2. The number of fused-ring (bicyclic) bond motifs is 3. The van der Waals surface area contributed by atoms with E-state index in [1.165, 1.54) is 28.6 Å². The molecule has 1 aliphatic rings. The molecule has 0 aliphatic heterocycles. The van der Waals surface area contributed by atoms with E-state index in [9.17, 15) is 9.59 Å². The molecule has 0 aromatic carbocycles. The zero-order valence-corrected chi connectivity index (χ0v) is 19.2. The van der Waals surface area contributed by atoms with Gasteiger partial charge in [0.05, 0.1) is 11.1 Å². The minimum absolute atomic E-state index is 0.0345. The molecule has 1 amide bonds. The summed E-state index contributed by atoms with van der Waals surface area (Å²) in [5.74, 6) is 0.732. The van der Waals surface area contributed by atoms with Crippen molar-refractivity contribution in [2.45, 2.75) is 84.0 Å². The Labute approximate surface area is 175 Å². The third kappa shape index (κ3) is 4.98. The number of hydrogen-bond acceptors (Lipinski definition) is 5.